The molecule has 0 atom stereocenters. The van der Waals surface area contributed by atoms with E-state index < -0.39 is 21.5 Å². The standard InChI is InChI=1S/C20H31N3O5S/c1-3-4-5-14-29(26,27)16-20(25)22(2)15-19(24)21-17-6-8-18(9-7-17)23-10-12-28-13-11-23/h6-9H,3-5,10-16H2,1-2H3,(H,21,24). The van der Waals surface area contributed by atoms with Crippen LogP contribution in [0.2, 0.25) is 0 Å². The number of ether oxygens (including phenoxy) is 1. The molecule has 1 fully saturated rings. The number of anilines is 2. The Morgan fingerprint density at radius 1 is 1.14 bits per heavy atom. The second-order valence-electron chi connectivity index (χ2n) is 7.24. The van der Waals surface area contributed by atoms with Crippen LogP contribution in [0.3, 0.4) is 0 Å². The van der Waals surface area contributed by atoms with Gasteiger partial charge in [-0.15, -0.1) is 0 Å². The summed E-state index contributed by atoms with van der Waals surface area (Å²) in [6.45, 7) is 4.86. The molecule has 1 N–H and O–H groups in total. The number of unbranched alkanes of at least 4 members (excludes halogenated alkanes) is 2. The highest BCUT2D eigenvalue weighted by Crippen LogP contribution is 2.19. The van der Waals surface area contributed by atoms with Crippen LogP contribution in [0.4, 0.5) is 11.4 Å². The Morgan fingerprint density at radius 2 is 1.79 bits per heavy atom. The third-order valence-corrected chi connectivity index (χ3v) is 6.33. The van der Waals surface area contributed by atoms with Gasteiger partial charge in [-0.05, 0) is 30.7 Å². The number of carbonyl (C=O) groups excluding carboxylic acids is 2. The summed E-state index contributed by atoms with van der Waals surface area (Å²) in [4.78, 5) is 27.7. The van der Waals surface area contributed by atoms with Gasteiger partial charge < -0.3 is 19.9 Å². The Bertz CT molecular complexity index is 774. The fourth-order valence-corrected chi connectivity index (χ4v) is 4.41. The second kappa shape index (κ2) is 11.2. The number of carbonyl (C=O) groups is 2. The van der Waals surface area contributed by atoms with E-state index in [0.717, 1.165) is 36.5 Å². The van der Waals surface area contributed by atoms with Gasteiger partial charge in [-0.3, -0.25) is 9.59 Å². The molecule has 8 nitrogen and oxygen atoms in total. The predicted molar refractivity (Wildman–Crippen MR) is 114 cm³/mol. The third kappa shape index (κ3) is 8.02. The molecule has 1 aromatic rings. The quantitative estimate of drug-likeness (QED) is 0.571. The van der Waals surface area contributed by atoms with Gasteiger partial charge in [-0.1, -0.05) is 19.8 Å². The van der Waals surface area contributed by atoms with E-state index in [1.807, 2.05) is 31.2 Å². The van der Waals surface area contributed by atoms with E-state index in [0.29, 0.717) is 25.3 Å². The number of morpholine rings is 1. The van der Waals surface area contributed by atoms with Crippen molar-refractivity contribution in [3.63, 3.8) is 0 Å². The first-order chi connectivity index (χ1) is 13.8. The molecule has 2 rings (SSSR count). The number of sulfone groups is 1. The summed E-state index contributed by atoms with van der Waals surface area (Å²) in [5, 5.41) is 2.74. The number of likely N-dealkylation sites (N-methyl/N-ethyl adjacent to an activating group) is 1. The van der Waals surface area contributed by atoms with Crippen molar-refractivity contribution in [3.8, 4) is 0 Å². The lowest BCUT2D eigenvalue weighted by atomic mass is 10.2. The van der Waals surface area contributed by atoms with Crippen LogP contribution in [-0.2, 0) is 24.2 Å². The smallest absolute Gasteiger partial charge is 0.243 e. The van der Waals surface area contributed by atoms with E-state index in [-0.39, 0.29) is 18.2 Å². The minimum absolute atomic E-state index is 0.00209. The number of rotatable bonds is 10. The number of hydrogen-bond donors (Lipinski definition) is 1. The first-order valence-corrected chi connectivity index (χ1v) is 11.8. The van der Waals surface area contributed by atoms with Gasteiger partial charge >= 0.3 is 0 Å². The Morgan fingerprint density at radius 3 is 2.41 bits per heavy atom. The summed E-state index contributed by atoms with van der Waals surface area (Å²) in [5.41, 5.74) is 1.69. The Labute approximate surface area is 173 Å². The van der Waals surface area contributed by atoms with Crippen LogP contribution in [0.15, 0.2) is 24.3 Å². The average molecular weight is 426 g/mol. The highest BCUT2D eigenvalue weighted by atomic mass is 32.2. The molecule has 0 unspecified atom stereocenters. The van der Waals surface area contributed by atoms with Crippen LogP contribution < -0.4 is 10.2 Å². The minimum Gasteiger partial charge on any atom is -0.378 e. The Balaban J connectivity index is 1.80. The molecule has 0 saturated carbocycles. The van der Waals surface area contributed by atoms with Crippen LogP contribution in [0, 0.1) is 0 Å². The lowest BCUT2D eigenvalue weighted by Gasteiger charge is -2.28. The number of hydrogen-bond acceptors (Lipinski definition) is 6. The van der Waals surface area contributed by atoms with Crippen LogP contribution in [0.5, 0.6) is 0 Å². The molecule has 1 saturated heterocycles. The van der Waals surface area contributed by atoms with E-state index >= 15 is 0 Å². The molecule has 1 aliphatic rings. The maximum atomic E-state index is 12.2. The molecular weight excluding hydrogens is 394 g/mol. The van der Waals surface area contributed by atoms with Crippen molar-refractivity contribution < 1.29 is 22.7 Å². The van der Waals surface area contributed by atoms with Crippen molar-refractivity contribution in [1.29, 1.82) is 0 Å². The molecule has 0 aliphatic carbocycles. The summed E-state index contributed by atoms with van der Waals surface area (Å²) in [6, 6.07) is 7.47. The zero-order valence-corrected chi connectivity index (χ0v) is 18.0. The summed E-state index contributed by atoms with van der Waals surface area (Å²) in [6.07, 6.45) is 2.28. The predicted octanol–water partition coefficient (Wildman–Crippen LogP) is 1.53. The van der Waals surface area contributed by atoms with Crippen molar-refractivity contribution in [2.24, 2.45) is 0 Å². The SMILES string of the molecule is CCCCCS(=O)(=O)CC(=O)N(C)CC(=O)Nc1ccc(N2CCOCC2)cc1. The van der Waals surface area contributed by atoms with Crippen LogP contribution in [-0.4, -0.2) is 76.5 Å². The third-order valence-electron chi connectivity index (χ3n) is 4.74. The number of amides is 2. The van der Waals surface area contributed by atoms with Gasteiger partial charge in [0.25, 0.3) is 0 Å². The van der Waals surface area contributed by atoms with Gasteiger partial charge in [-0.25, -0.2) is 8.42 Å². The topological polar surface area (TPSA) is 96.0 Å². The molecule has 0 aromatic heterocycles. The Kier molecular flexibility index (Phi) is 8.91. The van der Waals surface area contributed by atoms with Crippen molar-refractivity contribution in [3.05, 3.63) is 24.3 Å². The molecule has 9 heteroatoms. The number of nitrogens with zero attached hydrogens (tertiary/aromatic N) is 2. The van der Waals surface area contributed by atoms with E-state index in [9.17, 15) is 18.0 Å². The maximum Gasteiger partial charge on any atom is 0.243 e. The highest BCUT2D eigenvalue weighted by molar-refractivity contribution is 7.92. The van der Waals surface area contributed by atoms with Crippen molar-refractivity contribution in [2.45, 2.75) is 26.2 Å². The number of benzene rings is 1. The first-order valence-electron chi connectivity index (χ1n) is 9.97. The number of nitrogens with one attached hydrogen (secondary N) is 1. The summed E-state index contributed by atoms with van der Waals surface area (Å²) in [5.74, 6) is -1.50. The fourth-order valence-electron chi connectivity index (χ4n) is 3.02. The maximum absolute atomic E-state index is 12.2. The van der Waals surface area contributed by atoms with E-state index in [2.05, 4.69) is 10.2 Å². The second-order valence-corrected chi connectivity index (χ2v) is 9.43. The molecule has 0 spiro atoms. The molecule has 1 aliphatic heterocycles. The summed E-state index contributed by atoms with van der Waals surface area (Å²) in [7, 11) is -2.01. The molecular formula is C20H31N3O5S. The van der Waals surface area contributed by atoms with Gasteiger partial charge in [-0.2, -0.15) is 0 Å². The van der Waals surface area contributed by atoms with Gasteiger partial charge in [0.2, 0.25) is 11.8 Å². The zero-order chi connectivity index (χ0) is 21.3. The molecule has 29 heavy (non-hydrogen) atoms. The van der Waals surface area contributed by atoms with Crippen LogP contribution in [0.1, 0.15) is 26.2 Å². The molecule has 0 bridgehead atoms. The fraction of sp³-hybridized carbons (Fsp3) is 0.600. The van der Waals surface area contributed by atoms with Gasteiger partial charge in [0.1, 0.15) is 5.75 Å². The monoisotopic (exact) mass is 425 g/mol. The average Bonchev–Trinajstić information content (AvgIpc) is 2.69. The summed E-state index contributed by atoms with van der Waals surface area (Å²) >= 11 is 0. The van der Waals surface area contributed by atoms with Crippen LogP contribution in [0.25, 0.3) is 0 Å². The molecule has 1 aromatic carbocycles. The van der Waals surface area contributed by atoms with Gasteiger partial charge in [0.05, 0.1) is 25.5 Å². The van der Waals surface area contributed by atoms with Gasteiger partial charge in [0, 0.05) is 31.5 Å². The largest absolute Gasteiger partial charge is 0.378 e. The molecule has 1 heterocycles. The van der Waals surface area contributed by atoms with Crippen LogP contribution >= 0.6 is 0 Å². The lowest BCUT2D eigenvalue weighted by molar-refractivity contribution is -0.131. The minimum atomic E-state index is -3.44. The lowest BCUT2D eigenvalue weighted by Crippen LogP contribution is -2.38. The van der Waals surface area contributed by atoms with Crippen molar-refractivity contribution in [2.75, 3.05) is 61.6 Å². The Hall–Kier alpha value is -2.13. The van der Waals surface area contributed by atoms with Crippen molar-refractivity contribution in [1.82, 2.24) is 4.90 Å². The van der Waals surface area contributed by atoms with Crippen molar-refractivity contribution >= 4 is 33.0 Å². The molecule has 162 valence electrons. The first kappa shape index (κ1) is 23.2. The molecule has 2 amide bonds. The highest BCUT2D eigenvalue weighted by Gasteiger charge is 2.21. The zero-order valence-electron chi connectivity index (χ0n) is 17.2. The summed E-state index contributed by atoms with van der Waals surface area (Å²) < 4.78 is 29.3. The normalized spacial score (nSPS) is 14.5. The van der Waals surface area contributed by atoms with E-state index in [1.165, 1.54) is 7.05 Å². The molecule has 0 radical (unpaired) electrons. The van der Waals surface area contributed by atoms with E-state index in [1.54, 1.807) is 0 Å². The van der Waals surface area contributed by atoms with Gasteiger partial charge in [0.15, 0.2) is 9.84 Å². The van der Waals surface area contributed by atoms with E-state index in [4.69, 9.17) is 4.74 Å².